The Kier molecular flexibility index (Phi) is 3.21. The van der Waals surface area contributed by atoms with Crippen molar-refractivity contribution in [1.29, 1.82) is 0 Å². The summed E-state index contributed by atoms with van der Waals surface area (Å²) >= 11 is 0. The summed E-state index contributed by atoms with van der Waals surface area (Å²) in [6, 6.07) is 8.52. The highest BCUT2D eigenvalue weighted by molar-refractivity contribution is 5.90. The van der Waals surface area contributed by atoms with Gasteiger partial charge in [-0.2, -0.15) is 5.10 Å². The molecular weight excluding hydrogens is 281 g/mol. The Balaban J connectivity index is 1.30. The Labute approximate surface area is 128 Å². The van der Waals surface area contributed by atoms with Crippen LogP contribution in [0.25, 0.3) is 0 Å². The van der Waals surface area contributed by atoms with E-state index >= 15 is 0 Å². The van der Waals surface area contributed by atoms with Gasteiger partial charge in [-0.1, -0.05) is 12.1 Å². The van der Waals surface area contributed by atoms with Crippen LogP contribution in [-0.2, 0) is 4.79 Å². The smallest absolute Gasteiger partial charge is 0.225 e. The maximum atomic E-state index is 12.9. The molecule has 2 aliphatic carbocycles. The average Bonchev–Trinajstić information content (AvgIpc) is 3.41. The van der Waals surface area contributed by atoms with Crippen molar-refractivity contribution in [1.82, 2.24) is 10.2 Å². The topological polar surface area (TPSA) is 57.8 Å². The summed E-state index contributed by atoms with van der Waals surface area (Å²) < 4.78 is 12.9. The first kappa shape index (κ1) is 13.5. The van der Waals surface area contributed by atoms with Gasteiger partial charge in [-0.05, 0) is 48.8 Å². The molecule has 4 nitrogen and oxygen atoms in total. The number of carbonyl (C=O) groups excluding carboxylic acids is 1. The van der Waals surface area contributed by atoms with E-state index < -0.39 is 0 Å². The first-order valence-corrected chi connectivity index (χ1v) is 7.79. The molecule has 0 spiro atoms. The second-order valence-electron chi connectivity index (χ2n) is 6.39. The van der Waals surface area contributed by atoms with E-state index in [0.717, 1.165) is 17.7 Å². The van der Waals surface area contributed by atoms with Gasteiger partial charge in [0.2, 0.25) is 5.91 Å². The number of nitrogens with one attached hydrogen (secondary N) is 2. The van der Waals surface area contributed by atoms with Gasteiger partial charge >= 0.3 is 0 Å². The quantitative estimate of drug-likeness (QED) is 0.887. The number of nitrogens with zero attached hydrogens (tertiary/aromatic N) is 1. The molecule has 1 aromatic carbocycles. The van der Waals surface area contributed by atoms with Gasteiger partial charge in [0.15, 0.2) is 0 Å². The molecule has 1 aromatic heterocycles. The summed E-state index contributed by atoms with van der Waals surface area (Å²) in [5.41, 5.74) is 2.17. The molecule has 2 atom stereocenters. The Hall–Kier alpha value is -2.17. The van der Waals surface area contributed by atoms with Gasteiger partial charge in [0, 0.05) is 18.4 Å². The minimum absolute atomic E-state index is 0.0145. The van der Waals surface area contributed by atoms with E-state index in [4.69, 9.17) is 0 Å². The number of H-pyrrole nitrogens is 1. The van der Waals surface area contributed by atoms with Crippen molar-refractivity contribution >= 4 is 11.7 Å². The molecule has 114 valence electrons. The molecule has 22 heavy (non-hydrogen) atoms. The maximum absolute atomic E-state index is 12.9. The number of halogens is 1. The van der Waals surface area contributed by atoms with Gasteiger partial charge in [0.1, 0.15) is 11.6 Å². The number of hydrogen-bond acceptors (Lipinski definition) is 2. The lowest BCUT2D eigenvalue weighted by atomic mass is 10.1. The molecule has 1 amide bonds. The predicted molar refractivity (Wildman–Crippen MR) is 81.1 cm³/mol. The van der Waals surface area contributed by atoms with Crippen LogP contribution in [0.5, 0.6) is 0 Å². The van der Waals surface area contributed by atoms with Crippen LogP contribution < -0.4 is 5.32 Å². The van der Waals surface area contributed by atoms with Crippen LogP contribution in [0.3, 0.4) is 0 Å². The average molecular weight is 299 g/mol. The van der Waals surface area contributed by atoms with Crippen molar-refractivity contribution in [3.8, 4) is 0 Å². The Morgan fingerprint density at radius 3 is 2.82 bits per heavy atom. The molecule has 2 saturated carbocycles. The summed E-state index contributed by atoms with van der Waals surface area (Å²) in [6.45, 7) is 0. The van der Waals surface area contributed by atoms with Gasteiger partial charge in [0.05, 0.1) is 5.69 Å². The van der Waals surface area contributed by atoms with E-state index in [1.54, 1.807) is 0 Å². The molecule has 0 radical (unpaired) electrons. The zero-order chi connectivity index (χ0) is 15.1. The predicted octanol–water partition coefficient (Wildman–Crippen LogP) is 3.56. The summed E-state index contributed by atoms with van der Waals surface area (Å²) in [5, 5.41) is 9.98. The van der Waals surface area contributed by atoms with E-state index in [1.165, 1.54) is 25.0 Å². The van der Waals surface area contributed by atoms with Crippen molar-refractivity contribution in [3.63, 3.8) is 0 Å². The Morgan fingerprint density at radius 2 is 2.09 bits per heavy atom. The van der Waals surface area contributed by atoms with Crippen LogP contribution >= 0.6 is 0 Å². The van der Waals surface area contributed by atoms with Crippen molar-refractivity contribution in [2.24, 2.45) is 5.92 Å². The minimum atomic E-state index is -0.218. The maximum Gasteiger partial charge on any atom is 0.225 e. The molecule has 2 aliphatic rings. The second-order valence-corrected chi connectivity index (χ2v) is 6.39. The number of aromatic nitrogens is 2. The molecule has 0 saturated heterocycles. The summed E-state index contributed by atoms with van der Waals surface area (Å²) in [7, 11) is 0. The van der Waals surface area contributed by atoms with E-state index in [9.17, 15) is 9.18 Å². The summed E-state index contributed by atoms with van der Waals surface area (Å²) in [5.74, 6) is 1.80. The zero-order valence-corrected chi connectivity index (χ0v) is 12.2. The molecule has 4 rings (SSSR count). The normalized spacial score (nSPS) is 23.3. The fraction of sp³-hybridized carbons (Fsp3) is 0.412. The molecule has 2 unspecified atom stereocenters. The lowest BCUT2D eigenvalue weighted by molar-refractivity contribution is -0.116. The van der Waals surface area contributed by atoms with Crippen LogP contribution in [0.1, 0.15) is 48.8 Å². The fourth-order valence-corrected chi connectivity index (χ4v) is 3.02. The molecule has 2 fully saturated rings. The van der Waals surface area contributed by atoms with E-state index in [2.05, 4.69) is 15.5 Å². The first-order chi connectivity index (χ1) is 10.7. The highest BCUT2D eigenvalue weighted by Gasteiger charge is 2.39. The Bertz CT molecular complexity index is 690. The minimum Gasteiger partial charge on any atom is -0.311 e. The van der Waals surface area contributed by atoms with Crippen molar-refractivity contribution in [2.45, 2.75) is 37.5 Å². The van der Waals surface area contributed by atoms with Crippen LogP contribution in [-0.4, -0.2) is 16.1 Å². The van der Waals surface area contributed by atoms with Crippen LogP contribution in [0, 0.1) is 11.7 Å². The number of carbonyl (C=O) groups is 1. The first-order valence-electron chi connectivity index (χ1n) is 7.79. The number of aromatic amines is 1. The number of amides is 1. The van der Waals surface area contributed by atoms with Gasteiger partial charge in [-0.25, -0.2) is 4.39 Å². The number of rotatable bonds is 5. The van der Waals surface area contributed by atoms with E-state index in [0.29, 0.717) is 30.0 Å². The van der Waals surface area contributed by atoms with E-state index in [1.807, 2.05) is 18.2 Å². The van der Waals surface area contributed by atoms with Crippen LogP contribution in [0.4, 0.5) is 10.2 Å². The van der Waals surface area contributed by atoms with Crippen molar-refractivity contribution in [2.75, 3.05) is 5.32 Å². The molecule has 0 aliphatic heterocycles. The van der Waals surface area contributed by atoms with Gasteiger partial charge in [-0.15, -0.1) is 0 Å². The molecule has 2 aromatic rings. The highest BCUT2D eigenvalue weighted by Crippen LogP contribution is 2.49. The third-order valence-corrected chi connectivity index (χ3v) is 4.54. The van der Waals surface area contributed by atoms with Gasteiger partial charge < -0.3 is 5.32 Å². The SMILES string of the molecule is O=C(CC1CC1c1ccc(F)cc1)Nc1cc(C2CC2)n[nH]1. The van der Waals surface area contributed by atoms with Crippen molar-refractivity contribution < 1.29 is 9.18 Å². The lowest BCUT2D eigenvalue weighted by Gasteiger charge is -2.02. The summed E-state index contributed by atoms with van der Waals surface area (Å²) in [4.78, 5) is 12.1. The second kappa shape index (κ2) is 5.23. The third kappa shape index (κ3) is 2.89. The third-order valence-electron chi connectivity index (χ3n) is 4.54. The highest BCUT2D eigenvalue weighted by atomic mass is 19.1. The lowest BCUT2D eigenvalue weighted by Crippen LogP contribution is -2.12. The van der Waals surface area contributed by atoms with E-state index in [-0.39, 0.29) is 11.7 Å². The molecule has 0 bridgehead atoms. The summed E-state index contributed by atoms with van der Waals surface area (Å²) in [6.07, 6.45) is 3.88. The Morgan fingerprint density at radius 1 is 1.32 bits per heavy atom. The van der Waals surface area contributed by atoms with Crippen LogP contribution in [0.2, 0.25) is 0 Å². The number of hydrogen-bond donors (Lipinski definition) is 2. The molecular formula is C17H18FN3O. The zero-order valence-electron chi connectivity index (χ0n) is 12.2. The number of benzene rings is 1. The molecule has 5 heteroatoms. The van der Waals surface area contributed by atoms with Crippen LogP contribution in [0.15, 0.2) is 30.3 Å². The van der Waals surface area contributed by atoms with Gasteiger partial charge in [-0.3, -0.25) is 9.89 Å². The molecule has 2 N–H and O–H groups in total. The van der Waals surface area contributed by atoms with Crippen molar-refractivity contribution in [3.05, 3.63) is 47.4 Å². The number of anilines is 1. The molecule has 1 heterocycles. The monoisotopic (exact) mass is 299 g/mol. The largest absolute Gasteiger partial charge is 0.311 e. The fourth-order valence-electron chi connectivity index (χ4n) is 3.02. The standard InChI is InChI=1S/C17H18FN3O/c18-13-5-3-10(4-6-13)14-7-12(14)8-17(22)19-16-9-15(20-21-16)11-1-2-11/h3-6,9,11-12,14H,1-2,7-8H2,(H2,19,20,21,22). The van der Waals surface area contributed by atoms with Gasteiger partial charge in [0.25, 0.3) is 0 Å².